The first kappa shape index (κ1) is 14.0. The van der Waals surface area contributed by atoms with Crippen molar-refractivity contribution in [1.82, 2.24) is 0 Å². The number of nitrogens with zero attached hydrogens (tertiary/aromatic N) is 1. The maximum absolute atomic E-state index is 9.20. The van der Waals surface area contributed by atoms with E-state index in [1.54, 1.807) is 7.11 Å². The molecule has 0 amide bonds. The molecule has 102 valence electrons. The van der Waals surface area contributed by atoms with Crippen LogP contribution in [0.25, 0.3) is 0 Å². The quantitative estimate of drug-likeness (QED) is 0.915. The molecule has 2 aromatic rings. The first-order valence-electron chi connectivity index (χ1n) is 6.53. The number of anilines is 1. The third kappa shape index (κ3) is 2.92. The molecule has 2 rings (SSSR count). The molecule has 2 aromatic carbocycles. The van der Waals surface area contributed by atoms with Crippen LogP contribution in [0, 0.1) is 25.2 Å². The fourth-order valence-corrected chi connectivity index (χ4v) is 2.21. The van der Waals surface area contributed by atoms with Crippen LogP contribution in [-0.2, 0) is 6.54 Å². The summed E-state index contributed by atoms with van der Waals surface area (Å²) in [5, 5.41) is 12.5. The van der Waals surface area contributed by atoms with Crippen LogP contribution in [0.5, 0.6) is 5.75 Å². The van der Waals surface area contributed by atoms with Crippen LogP contribution in [-0.4, -0.2) is 7.11 Å². The van der Waals surface area contributed by atoms with Gasteiger partial charge in [-0.3, -0.25) is 0 Å². The van der Waals surface area contributed by atoms with Crippen molar-refractivity contribution in [2.75, 3.05) is 12.4 Å². The molecule has 0 saturated heterocycles. The van der Waals surface area contributed by atoms with Crippen LogP contribution in [0.3, 0.4) is 0 Å². The average Bonchev–Trinajstić information content (AvgIpc) is 2.45. The fraction of sp³-hybridized carbons (Fsp3) is 0.235. The Balaban J connectivity index is 2.15. The molecule has 0 bridgehead atoms. The lowest BCUT2D eigenvalue weighted by molar-refractivity contribution is 0.411. The van der Waals surface area contributed by atoms with E-state index in [0.29, 0.717) is 12.1 Å². The van der Waals surface area contributed by atoms with Crippen LogP contribution in [0.4, 0.5) is 5.69 Å². The van der Waals surface area contributed by atoms with Crippen LogP contribution in [0.2, 0.25) is 0 Å². The van der Waals surface area contributed by atoms with Crippen molar-refractivity contribution in [2.45, 2.75) is 20.4 Å². The highest BCUT2D eigenvalue weighted by molar-refractivity contribution is 5.60. The molecule has 0 spiro atoms. The summed E-state index contributed by atoms with van der Waals surface area (Å²) in [5.41, 5.74) is 4.84. The van der Waals surface area contributed by atoms with E-state index in [0.717, 1.165) is 28.1 Å². The van der Waals surface area contributed by atoms with Crippen molar-refractivity contribution < 1.29 is 4.74 Å². The number of ether oxygens (including phenoxy) is 1. The first-order valence-corrected chi connectivity index (χ1v) is 6.53. The molecular formula is C17H18N2O. The third-order valence-corrected chi connectivity index (χ3v) is 3.33. The summed E-state index contributed by atoms with van der Waals surface area (Å²) in [4.78, 5) is 0. The lowest BCUT2D eigenvalue weighted by Gasteiger charge is -2.11. The summed E-state index contributed by atoms with van der Waals surface area (Å²) < 4.78 is 5.25. The van der Waals surface area contributed by atoms with Gasteiger partial charge in [0.15, 0.2) is 0 Å². The Kier molecular flexibility index (Phi) is 4.27. The molecule has 0 fully saturated rings. The van der Waals surface area contributed by atoms with E-state index in [1.165, 1.54) is 0 Å². The van der Waals surface area contributed by atoms with Crippen molar-refractivity contribution in [3.8, 4) is 11.8 Å². The van der Waals surface area contributed by atoms with Gasteiger partial charge >= 0.3 is 0 Å². The van der Waals surface area contributed by atoms with Crippen LogP contribution < -0.4 is 10.1 Å². The Morgan fingerprint density at radius 2 is 1.95 bits per heavy atom. The number of rotatable bonds is 4. The van der Waals surface area contributed by atoms with Crippen LogP contribution in [0.1, 0.15) is 22.3 Å². The van der Waals surface area contributed by atoms with E-state index < -0.39 is 0 Å². The van der Waals surface area contributed by atoms with Crippen LogP contribution >= 0.6 is 0 Å². The van der Waals surface area contributed by atoms with Gasteiger partial charge in [-0.25, -0.2) is 0 Å². The van der Waals surface area contributed by atoms with Gasteiger partial charge in [-0.05, 0) is 42.7 Å². The van der Waals surface area contributed by atoms with E-state index >= 15 is 0 Å². The van der Waals surface area contributed by atoms with Gasteiger partial charge < -0.3 is 10.1 Å². The monoisotopic (exact) mass is 266 g/mol. The van der Waals surface area contributed by atoms with Gasteiger partial charge in [-0.1, -0.05) is 24.3 Å². The highest BCUT2D eigenvalue weighted by Crippen LogP contribution is 2.21. The number of hydrogen-bond acceptors (Lipinski definition) is 3. The molecule has 1 N–H and O–H groups in total. The molecule has 0 aromatic heterocycles. The summed E-state index contributed by atoms with van der Waals surface area (Å²) in [6, 6.07) is 14.2. The molecule has 0 atom stereocenters. The highest BCUT2D eigenvalue weighted by Gasteiger charge is 2.05. The van der Waals surface area contributed by atoms with Gasteiger partial charge in [0.05, 0.1) is 18.4 Å². The van der Waals surface area contributed by atoms with Gasteiger partial charge in [-0.15, -0.1) is 0 Å². The Bertz CT molecular complexity index is 657. The minimum Gasteiger partial charge on any atom is -0.496 e. The van der Waals surface area contributed by atoms with Crippen molar-refractivity contribution in [3.05, 3.63) is 58.7 Å². The van der Waals surface area contributed by atoms with Crippen molar-refractivity contribution in [2.24, 2.45) is 0 Å². The topological polar surface area (TPSA) is 45.0 Å². The van der Waals surface area contributed by atoms with Crippen molar-refractivity contribution >= 4 is 5.69 Å². The first-order chi connectivity index (χ1) is 9.65. The molecule has 20 heavy (non-hydrogen) atoms. The lowest BCUT2D eigenvalue weighted by Crippen LogP contribution is -2.02. The highest BCUT2D eigenvalue weighted by atomic mass is 16.5. The SMILES string of the molecule is COc1ccc(CNc2cccc(C)c2C#N)cc1C. The predicted molar refractivity (Wildman–Crippen MR) is 81.0 cm³/mol. The van der Waals surface area contributed by atoms with Gasteiger partial charge in [0.2, 0.25) is 0 Å². The minimum absolute atomic E-state index is 0.683. The number of hydrogen-bond donors (Lipinski definition) is 1. The second-order valence-corrected chi connectivity index (χ2v) is 4.77. The maximum Gasteiger partial charge on any atom is 0.121 e. The standard InChI is InChI=1S/C17H18N2O/c1-12-5-4-6-16(15(12)10-18)19-11-14-7-8-17(20-3)13(2)9-14/h4-9,19H,11H2,1-3H3. The second kappa shape index (κ2) is 6.12. The van der Waals surface area contributed by atoms with Gasteiger partial charge in [-0.2, -0.15) is 5.26 Å². The van der Waals surface area contributed by atoms with Crippen LogP contribution in [0.15, 0.2) is 36.4 Å². The average molecular weight is 266 g/mol. The molecule has 0 saturated carbocycles. The van der Waals surface area contributed by atoms with E-state index in [4.69, 9.17) is 4.74 Å². The molecule has 0 unspecified atom stereocenters. The number of benzene rings is 2. The van der Waals surface area contributed by atoms with Gasteiger partial charge in [0.25, 0.3) is 0 Å². The minimum atomic E-state index is 0.683. The fourth-order valence-electron chi connectivity index (χ4n) is 2.21. The summed E-state index contributed by atoms with van der Waals surface area (Å²) >= 11 is 0. The zero-order valence-corrected chi connectivity index (χ0v) is 12.0. The number of methoxy groups -OCH3 is 1. The zero-order valence-electron chi connectivity index (χ0n) is 12.0. The zero-order chi connectivity index (χ0) is 14.5. The number of nitriles is 1. The Hall–Kier alpha value is -2.47. The summed E-state index contributed by atoms with van der Waals surface area (Å²) in [7, 11) is 1.67. The summed E-state index contributed by atoms with van der Waals surface area (Å²) in [5.74, 6) is 0.891. The Labute approximate surface area is 119 Å². The van der Waals surface area contributed by atoms with Crippen molar-refractivity contribution in [1.29, 1.82) is 5.26 Å². The largest absolute Gasteiger partial charge is 0.496 e. The molecule has 3 heteroatoms. The molecule has 0 aliphatic heterocycles. The Morgan fingerprint density at radius 3 is 2.60 bits per heavy atom. The molecule has 0 heterocycles. The van der Waals surface area contributed by atoms with E-state index in [1.807, 2.05) is 44.2 Å². The third-order valence-electron chi connectivity index (χ3n) is 3.33. The molecule has 0 aliphatic carbocycles. The van der Waals surface area contributed by atoms with E-state index in [9.17, 15) is 5.26 Å². The normalized spacial score (nSPS) is 9.90. The van der Waals surface area contributed by atoms with E-state index in [2.05, 4.69) is 17.5 Å². The van der Waals surface area contributed by atoms with Gasteiger partial charge in [0, 0.05) is 6.54 Å². The molecule has 3 nitrogen and oxygen atoms in total. The van der Waals surface area contributed by atoms with Crippen molar-refractivity contribution in [3.63, 3.8) is 0 Å². The lowest BCUT2D eigenvalue weighted by atomic mass is 10.1. The smallest absolute Gasteiger partial charge is 0.121 e. The summed E-state index contributed by atoms with van der Waals surface area (Å²) in [6.45, 7) is 4.65. The molecular weight excluding hydrogens is 248 g/mol. The second-order valence-electron chi connectivity index (χ2n) is 4.77. The number of nitrogens with one attached hydrogen (secondary N) is 1. The Morgan fingerprint density at radius 1 is 1.15 bits per heavy atom. The van der Waals surface area contributed by atoms with E-state index in [-0.39, 0.29) is 0 Å². The van der Waals surface area contributed by atoms with Gasteiger partial charge in [0.1, 0.15) is 11.8 Å². The summed E-state index contributed by atoms with van der Waals surface area (Å²) in [6.07, 6.45) is 0. The maximum atomic E-state index is 9.20. The molecule has 0 radical (unpaired) electrons. The molecule has 0 aliphatic rings. The predicted octanol–water partition coefficient (Wildman–Crippen LogP) is 3.80. The number of aryl methyl sites for hydroxylation is 2.